The number of phenols is 1. The van der Waals surface area contributed by atoms with Gasteiger partial charge in [-0.3, -0.25) is 9.69 Å². The maximum Gasteiger partial charge on any atom is 0.324 e. The molecule has 0 atom stereocenters. The van der Waals surface area contributed by atoms with Crippen molar-refractivity contribution < 1.29 is 14.3 Å². The van der Waals surface area contributed by atoms with Gasteiger partial charge in [0.2, 0.25) is 0 Å². The zero-order chi connectivity index (χ0) is 24.9. The van der Waals surface area contributed by atoms with E-state index < -0.39 is 5.82 Å². The maximum atomic E-state index is 14.8. The van der Waals surface area contributed by atoms with Crippen molar-refractivity contribution in [1.29, 1.82) is 0 Å². The van der Waals surface area contributed by atoms with Crippen molar-refractivity contribution in [3.63, 3.8) is 0 Å². The highest BCUT2D eigenvalue weighted by Gasteiger charge is 2.28. The SMILES string of the molecule is CN1CCN(c2ccc(-c3cc(F)cc(-c4cc(N5CCCC5)c(=O)n(C)c4)c3O)cc2Cl)C1=O. The van der Waals surface area contributed by atoms with Gasteiger partial charge in [0.15, 0.2) is 0 Å². The fourth-order valence-electron chi connectivity index (χ4n) is 4.83. The Morgan fingerprint density at radius 1 is 0.886 bits per heavy atom. The molecule has 0 saturated carbocycles. The Bertz CT molecular complexity index is 1380. The Balaban J connectivity index is 1.57. The number of hydrogen-bond donors (Lipinski definition) is 1. The van der Waals surface area contributed by atoms with Crippen molar-refractivity contribution in [3.8, 4) is 28.0 Å². The zero-order valence-corrected chi connectivity index (χ0v) is 20.3. The lowest BCUT2D eigenvalue weighted by Crippen LogP contribution is -2.29. The third-order valence-corrected chi connectivity index (χ3v) is 7.07. The lowest BCUT2D eigenvalue weighted by Gasteiger charge is -2.20. The summed E-state index contributed by atoms with van der Waals surface area (Å²) in [7, 11) is 3.38. The normalized spacial score (nSPS) is 16.0. The van der Waals surface area contributed by atoms with Gasteiger partial charge in [0, 0.05) is 63.2 Å². The molecule has 9 heteroatoms. The number of pyridine rings is 1. The van der Waals surface area contributed by atoms with Crippen molar-refractivity contribution in [3.05, 3.63) is 63.8 Å². The van der Waals surface area contributed by atoms with Crippen LogP contribution in [-0.4, -0.2) is 53.8 Å². The second-order valence-corrected chi connectivity index (χ2v) is 9.50. The van der Waals surface area contributed by atoms with Crippen molar-refractivity contribution in [1.82, 2.24) is 9.47 Å². The maximum absolute atomic E-state index is 14.8. The number of anilines is 2. The van der Waals surface area contributed by atoms with E-state index in [-0.39, 0.29) is 28.5 Å². The van der Waals surface area contributed by atoms with Crippen molar-refractivity contribution >= 4 is 29.0 Å². The fraction of sp³-hybridized carbons (Fsp3) is 0.308. The molecule has 2 fully saturated rings. The van der Waals surface area contributed by atoms with Gasteiger partial charge in [0.25, 0.3) is 5.56 Å². The number of phenolic OH excluding ortho intramolecular Hbond substituents is 1. The van der Waals surface area contributed by atoms with Crippen molar-refractivity contribution in [2.24, 2.45) is 7.05 Å². The third kappa shape index (κ3) is 4.12. The lowest BCUT2D eigenvalue weighted by molar-refractivity contribution is 0.229. The van der Waals surface area contributed by atoms with Crippen LogP contribution in [0.2, 0.25) is 5.02 Å². The molecule has 2 aliphatic heterocycles. The minimum atomic E-state index is -0.527. The summed E-state index contributed by atoms with van der Waals surface area (Å²) in [6, 6.07) is 9.13. The summed E-state index contributed by atoms with van der Waals surface area (Å²) in [6.45, 7) is 2.71. The molecule has 35 heavy (non-hydrogen) atoms. The van der Waals surface area contributed by atoms with Gasteiger partial charge in [-0.25, -0.2) is 9.18 Å². The number of amides is 2. The highest BCUT2D eigenvalue weighted by molar-refractivity contribution is 6.34. The first-order valence-corrected chi connectivity index (χ1v) is 11.9. The number of likely N-dealkylation sites (N-methyl/N-ethyl adjacent to an activating group) is 1. The van der Waals surface area contributed by atoms with Crippen molar-refractivity contribution in [2.75, 3.05) is 43.0 Å². The summed E-state index contributed by atoms with van der Waals surface area (Å²) in [5, 5.41) is 11.5. The number of benzene rings is 2. The molecule has 0 unspecified atom stereocenters. The average molecular weight is 497 g/mol. The molecule has 0 aliphatic carbocycles. The van der Waals surface area contributed by atoms with Gasteiger partial charge >= 0.3 is 6.03 Å². The Morgan fingerprint density at radius 3 is 2.20 bits per heavy atom. The van der Waals surface area contributed by atoms with E-state index in [1.54, 1.807) is 54.4 Å². The Hall–Kier alpha value is -3.52. The van der Waals surface area contributed by atoms with Crippen LogP contribution in [0.4, 0.5) is 20.6 Å². The first kappa shape index (κ1) is 23.2. The predicted octanol–water partition coefficient (Wildman–Crippen LogP) is 4.69. The van der Waals surface area contributed by atoms with Crippen LogP contribution in [0.1, 0.15) is 12.8 Å². The molecule has 0 radical (unpaired) electrons. The number of aromatic nitrogens is 1. The summed E-state index contributed by atoms with van der Waals surface area (Å²) >= 11 is 6.52. The van der Waals surface area contributed by atoms with E-state index >= 15 is 0 Å². The van der Waals surface area contributed by atoms with Crippen LogP contribution in [0.3, 0.4) is 0 Å². The van der Waals surface area contributed by atoms with E-state index in [0.717, 1.165) is 25.9 Å². The van der Waals surface area contributed by atoms with Crippen LogP contribution in [0, 0.1) is 5.82 Å². The van der Waals surface area contributed by atoms with Crippen molar-refractivity contribution in [2.45, 2.75) is 12.8 Å². The van der Waals surface area contributed by atoms with Crippen LogP contribution < -0.4 is 15.4 Å². The third-order valence-electron chi connectivity index (χ3n) is 6.76. The largest absolute Gasteiger partial charge is 0.507 e. The summed E-state index contributed by atoms with van der Waals surface area (Å²) in [4.78, 5) is 30.3. The van der Waals surface area contributed by atoms with E-state index in [1.165, 1.54) is 16.7 Å². The summed E-state index contributed by atoms with van der Waals surface area (Å²) in [5.74, 6) is -0.640. The second kappa shape index (κ2) is 8.92. The number of urea groups is 1. The van der Waals surface area contributed by atoms with Gasteiger partial charge in [-0.2, -0.15) is 0 Å². The summed E-state index contributed by atoms with van der Waals surface area (Å²) in [5.41, 5.74) is 2.59. The molecule has 1 aromatic heterocycles. The van der Waals surface area contributed by atoms with Crippen LogP contribution in [0.25, 0.3) is 22.3 Å². The Labute approximate surface area is 207 Å². The zero-order valence-electron chi connectivity index (χ0n) is 19.6. The molecular formula is C26H26ClFN4O3. The molecule has 2 saturated heterocycles. The minimum Gasteiger partial charge on any atom is -0.507 e. The number of aryl methyl sites for hydroxylation is 1. The summed E-state index contributed by atoms with van der Waals surface area (Å²) in [6.07, 6.45) is 3.63. The van der Waals surface area contributed by atoms with E-state index in [4.69, 9.17) is 11.6 Å². The van der Waals surface area contributed by atoms with Gasteiger partial charge in [-0.05, 0) is 48.7 Å². The molecule has 1 N–H and O–H groups in total. The van der Waals surface area contributed by atoms with E-state index in [0.29, 0.717) is 40.6 Å². The smallest absolute Gasteiger partial charge is 0.324 e. The fourth-order valence-corrected chi connectivity index (χ4v) is 5.11. The number of rotatable bonds is 4. The molecule has 2 aliphatic rings. The Morgan fingerprint density at radius 2 is 1.57 bits per heavy atom. The predicted molar refractivity (Wildman–Crippen MR) is 136 cm³/mol. The van der Waals surface area contributed by atoms with Crippen LogP contribution in [0.15, 0.2) is 47.4 Å². The minimum absolute atomic E-state index is 0.113. The van der Waals surface area contributed by atoms with Gasteiger partial charge in [-0.15, -0.1) is 0 Å². The molecule has 0 spiro atoms. The van der Waals surface area contributed by atoms with E-state index in [9.17, 15) is 19.1 Å². The lowest BCUT2D eigenvalue weighted by atomic mass is 9.97. The first-order chi connectivity index (χ1) is 16.7. The highest BCUT2D eigenvalue weighted by atomic mass is 35.5. The van der Waals surface area contributed by atoms with Crippen LogP contribution >= 0.6 is 11.6 Å². The van der Waals surface area contributed by atoms with Crippen LogP contribution in [-0.2, 0) is 7.05 Å². The molecule has 0 bridgehead atoms. The first-order valence-electron chi connectivity index (χ1n) is 11.6. The molecular weight excluding hydrogens is 471 g/mol. The van der Waals surface area contributed by atoms with Crippen LogP contribution in [0.5, 0.6) is 5.75 Å². The molecule has 3 heterocycles. The van der Waals surface area contributed by atoms with E-state index in [1.807, 2.05) is 4.90 Å². The number of hydrogen-bond acceptors (Lipinski definition) is 4. The molecule has 2 aromatic carbocycles. The number of aromatic hydroxyl groups is 1. The van der Waals surface area contributed by atoms with Gasteiger partial charge in [-0.1, -0.05) is 17.7 Å². The molecule has 182 valence electrons. The standard InChI is InChI=1S/C26H26ClFN4O3/c1-29-9-10-32(26(29)35)22-6-5-16(11-21(22)27)19-13-18(28)14-20(24(19)33)17-12-23(25(34)30(2)15-17)31-7-3-4-8-31/h5-6,11-15,33H,3-4,7-10H2,1-2H3. The second-order valence-electron chi connectivity index (χ2n) is 9.10. The number of carbonyl (C=O) groups excluding carboxylic acids is 1. The van der Waals surface area contributed by atoms with Gasteiger partial charge in [0.05, 0.1) is 10.7 Å². The number of carbonyl (C=O) groups is 1. The monoisotopic (exact) mass is 496 g/mol. The quantitative estimate of drug-likeness (QED) is 0.569. The average Bonchev–Trinajstić information content (AvgIpc) is 3.48. The molecule has 3 aromatic rings. The van der Waals surface area contributed by atoms with Gasteiger partial charge < -0.3 is 19.5 Å². The molecule has 7 nitrogen and oxygen atoms in total. The number of halogens is 2. The van der Waals surface area contributed by atoms with Gasteiger partial charge in [0.1, 0.15) is 17.3 Å². The number of nitrogens with zero attached hydrogens (tertiary/aromatic N) is 4. The van der Waals surface area contributed by atoms with E-state index in [2.05, 4.69) is 0 Å². The topological polar surface area (TPSA) is 69.0 Å². The summed E-state index contributed by atoms with van der Waals surface area (Å²) < 4.78 is 16.3. The molecule has 5 rings (SSSR count). The highest BCUT2D eigenvalue weighted by Crippen LogP contribution is 2.41. The molecule has 2 amide bonds. The Kier molecular flexibility index (Phi) is 5.92.